The van der Waals surface area contributed by atoms with Crippen molar-refractivity contribution < 1.29 is 0 Å². The second-order valence-corrected chi connectivity index (χ2v) is 5.24. The van der Waals surface area contributed by atoms with E-state index in [2.05, 4.69) is 37.3 Å². The van der Waals surface area contributed by atoms with Crippen LogP contribution in [0.15, 0.2) is 55.4 Å². The predicted molar refractivity (Wildman–Crippen MR) is 87.3 cm³/mol. The topological polar surface area (TPSA) is 84.3 Å². The van der Waals surface area contributed by atoms with Crippen molar-refractivity contribution in [1.29, 1.82) is 0 Å². The van der Waals surface area contributed by atoms with Gasteiger partial charge < -0.3 is 10.3 Å². The molecule has 1 unspecified atom stereocenters. The molecule has 0 bridgehead atoms. The fourth-order valence-corrected chi connectivity index (χ4v) is 2.45. The molecule has 3 aromatic heterocycles. The van der Waals surface area contributed by atoms with Crippen molar-refractivity contribution in [2.45, 2.75) is 13.0 Å². The van der Waals surface area contributed by atoms with Crippen molar-refractivity contribution >= 4 is 17.0 Å². The van der Waals surface area contributed by atoms with Crippen LogP contribution in [0.4, 0.5) is 5.82 Å². The van der Waals surface area contributed by atoms with Crippen LogP contribution >= 0.6 is 0 Å². The van der Waals surface area contributed by atoms with E-state index < -0.39 is 0 Å². The van der Waals surface area contributed by atoms with Crippen molar-refractivity contribution in [2.75, 3.05) is 5.32 Å². The van der Waals surface area contributed by atoms with Gasteiger partial charge in [-0.25, -0.2) is 19.6 Å². The van der Waals surface area contributed by atoms with Crippen molar-refractivity contribution in [1.82, 2.24) is 29.7 Å². The number of aromatic amines is 1. The van der Waals surface area contributed by atoms with E-state index in [0.717, 1.165) is 22.6 Å². The van der Waals surface area contributed by atoms with Gasteiger partial charge >= 0.3 is 0 Å². The molecule has 0 amide bonds. The van der Waals surface area contributed by atoms with Crippen molar-refractivity contribution in [2.24, 2.45) is 0 Å². The molecule has 7 heteroatoms. The van der Waals surface area contributed by atoms with Crippen LogP contribution < -0.4 is 5.32 Å². The van der Waals surface area contributed by atoms with Gasteiger partial charge in [-0.2, -0.15) is 5.10 Å². The maximum Gasteiger partial charge on any atom is 0.182 e. The molecule has 1 aromatic carbocycles. The van der Waals surface area contributed by atoms with Gasteiger partial charge in [-0.15, -0.1) is 0 Å². The summed E-state index contributed by atoms with van der Waals surface area (Å²) in [4.78, 5) is 15.6. The number of hydrogen-bond donors (Lipinski definition) is 2. The lowest BCUT2D eigenvalue weighted by Crippen LogP contribution is -2.08. The minimum absolute atomic E-state index is 0.0499. The summed E-state index contributed by atoms with van der Waals surface area (Å²) in [6, 6.07) is 10.1. The van der Waals surface area contributed by atoms with Crippen LogP contribution in [0.1, 0.15) is 18.5 Å². The Morgan fingerprint density at radius 1 is 1.13 bits per heavy atom. The van der Waals surface area contributed by atoms with Gasteiger partial charge in [0.25, 0.3) is 0 Å². The molecular weight excluding hydrogens is 290 g/mol. The zero-order valence-corrected chi connectivity index (χ0v) is 12.5. The normalized spacial score (nSPS) is 12.4. The van der Waals surface area contributed by atoms with E-state index in [9.17, 15) is 0 Å². The Balaban J connectivity index is 1.59. The van der Waals surface area contributed by atoms with Crippen LogP contribution in [0.3, 0.4) is 0 Å². The molecule has 0 saturated carbocycles. The van der Waals surface area contributed by atoms with Crippen molar-refractivity contribution in [3.8, 4) is 5.69 Å². The number of nitrogens with zero attached hydrogens (tertiary/aromatic N) is 5. The predicted octanol–water partition coefficient (Wildman–Crippen LogP) is 2.71. The first-order valence-corrected chi connectivity index (χ1v) is 7.32. The molecule has 3 heterocycles. The van der Waals surface area contributed by atoms with Crippen LogP contribution in [-0.2, 0) is 0 Å². The second-order valence-electron chi connectivity index (χ2n) is 5.24. The molecule has 0 spiro atoms. The first-order chi connectivity index (χ1) is 11.3. The Kier molecular flexibility index (Phi) is 3.23. The van der Waals surface area contributed by atoms with E-state index >= 15 is 0 Å². The average Bonchev–Trinajstić information content (AvgIpc) is 3.25. The highest BCUT2D eigenvalue weighted by atomic mass is 15.3. The molecule has 0 saturated heterocycles. The number of fused-ring (bicyclic) bond motifs is 1. The molecule has 2 N–H and O–H groups in total. The van der Waals surface area contributed by atoms with Gasteiger partial charge in [-0.05, 0) is 19.1 Å². The summed E-state index contributed by atoms with van der Waals surface area (Å²) in [7, 11) is 0. The number of aromatic nitrogens is 6. The number of para-hydroxylation sites is 1. The fraction of sp³-hybridized carbons (Fsp3) is 0.125. The minimum atomic E-state index is 0.0499. The van der Waals surface area contributed by atoms with E-state index in [1.54, 1.807) is 6.33 Å². The first-order valence-electron chi connectivity index (χ1n) is 7.32. The van der Waals surface area contributed by atoms with Gasteiger partial charge in [0.2, 0.25) is 0 Å². The molecule has 1 atom stereocenters. The highest BCUT2D eigenvalue weighted by Crippen LogP contribution is 2.22. The molecule has 0 fully saturated rings. The summed E-state index contributed by atoms with van der Waals surface area (Å²) in [6.45, 7) is 2.07. The number of benzene rings is 1. The van der Waals surface area contributed by atoms with Crippen LogP contribution in [0.25, 0.3) is 16.9 Å². The number of hydrogen-bond acceptors (Lipinski definition) is 5. The van der Waals surface area contributed by atoms with E-state index in [0.29, 0.717) is 5.65 Å². The highest BCUT2D eigenvalue weighted by molar-refractivity contribution is 5.82. The zero-order valence-electron chi connectivity index (χ0n) is 12.5. The van der Waals surface area contributed by atoms with E-state index in [1.165, 1.54) is 6.33 Å². The largest absolute Gasteiger partial charge is 0.362 e. The summed E-state index contributed by atoms with van der Waals surface area (Å²) < 4.78 is 1.86. The smallest absolute Gasteiger partial charge is 0.182 e. The maximum absolute atomic E-state index is 4.43. The zero-order chi connectivity index (χ0) is 15.6. The van der Waals surface area contributed by atoms with E-state index in [1.807, 2.05) is 47.4 Å². The van der Waals surface area contributed by atoms with Crippen molar-refractivity contribution in [3.63, 3.8) is 0 Å². The van der Waals surface area contributed by atoms with Crippen LogP contribution in [-0.4, -0.2) is 29.7 Å². The molecule has 4 rings (SSSR count). The summed E-state index contributed by atoms with van der Waals surface area (Å²) in [5.41, 5.74) is 3.55. The van der Waals surface area contributed by atoms with Gasteiger partial charge in [0.05, 0.1) is 24.3 Å². The number of nitrogens with one attached hydrogen (secondary N) is 2. The van der Waals surface area contributed by atoms with E-state index in [4.69, 9.17) is 0 Å². The first kappa shape index (κ1) is 13.4. The van der Waals surface area contributed by atoms with Gasteiger partial charge in [-0.3, -0.25) is 0 Å². The standard InChI is InChI=1S/C16H15N7/c1-11(22-16-14-15(18-9-17-14)19-10-20-16)12-7-21-23(8-12)13-5-3-2-4-6-13/h2-11H,1H3,(H2,17,18,19,20,22). The molecule has 23 heavy (non-hydrogen) atoms. The second kappa shape index (κ2) is 5.53. The van der Waals surface area contributed by atoms with Gasteiger partial charge in [-0.1, -0.05) is 18.2 Å². The van der Waals surface area contributed by atoms with E-state index in [-0.39, 0.29) is 6.04 Å². The summed E-state index contributed by atoms with van der Waals surface area (Å²) in [5.74, 6) is 0.729. The maximum atomic E-state index is 4.43. The summed E-state index contributed by atoms with van der Waals surface area (Å²) in [5, 5.41) is 7.80. The third-order valence-electron chi connectivity index (χ3n) is 3.70. The monoisotopic (exact) mass is 305 g/mol. The number of rotatable bonds is 4. The van der Waals surface area contributed by atoms with Crippen molar-refractivity contribution in [3.05, 3.63) is 60.9 Å². The molecule has 4 aromatic rings. The molecule has 7 nitrogen and oxygen atoms in total. The lowest BCUT2D eigenvalue weighted by Gasteiger charge is -2.12. The number of H-pyrrole nitrogens is 1. The summed E-state index contributed by atoms with van der Waals surface area (Å²) >= 11 is 0. The molecular formula is C16H15N7. The Morgan fingerprint density at radius 3 is 2.87 bits per heavy atom. The average molecular weight is 305 g/mol. The van der Waals surface area contributed by atoms with Crippen LogP contribution in [0.2, 0.25) is 0 Å². The lowest BCUT2D eigenvalue weighted by atomic mass is 10.2. The fourth-order valence-electron chi connectivity index (χ4n) is 2.45. The lowest BCUT2D eigenvalue weighted by molar-refractivity contribution is 0.864. The third-order valence-corrected chi connectivity index (χ3v) is 3.70. The minimum Gasteiger partial charge on any atom is -0.362 e. The van der Waals surface area contributed by atoms with Gasteiger partial charge in [0, 0.05) is 11.8 Å². The number of anilines is 1. The Bertz CT molecular complexity index is 926. The Labute approximate surface area is 132 Å². The number of imidazole rings is 1. The molecule has 0 aliphatic carbocycles. The highest BCUT2D eigenvalue weighted by Gasteiger charge is 2.12. The van der Waals surface area contributed by atoms with Gasteiger partial charge in [0.1, 0.15) is 11.8 Å². The van der Waals surface area contributed by atoms with Crippen LogP contribution in [0, 0.1) is 0 Å². The SMILES string of the molecule is CC(Nc1ncnc2nc[nH]c12)c1cnn(-c2ccccc2)c1. The molecule has 114 valence electrons. The quantitative estimate of drug-likeness (QED) is 0.605. The molecule has 0 aliphatic heterocycles. The van der Waals surface area contributed by atoms with Crippen LogP contribution in [0.5, 0.6) is 0 Å². The third kappa shape index (κ3) is 2.52. The molecule has 0 aliphatic rings. The molecule has 0 radical (unpaired) electrons. The summed E-state index contributed by atoms with van der Waals surface area (Å²) in [6.07, 6.45) is 6.99. The Hall–Kier alpha value is -3.22. The Morgan fingerprint density at radius 2 is 2.00 bits per heavy atom. The van der Waals surface area contributed by atoms with Gasteiger partial charge in [0.15, 0.2) is 11.5 Å².